The van der Waals surface area contributed by atoms with Crippen molar-refractivity contribution in [3.8, 4) is 0 Å². The fraction of sp³-hybridized carbons (Fsp3) is 0.600. The molecule has 1 saturated heterocycles. The average molecular weight is 293 g/mol. The highest BCUT2D eigenvalue weighted by atomic mass is 32.1. The van der Waals surface area contributed by atoms with Gasteiger partial charge in [-0.05, 0) is 26.7 Å². The number of hydrogen-bond donors (Lipinski definition) is 2. The largest absolute Gasteiger partial charge is 0.345 e. The molecule has 0 unspecified atom stereocenters. The van der Waals surface area contributed by atoms with Crippen LogP contribution < -0.4 is 0 Å². The van der Waals surface area contributed by atoms with E-state index in [9.17, 15) is 4.79 Å². The van der Waals surface area contributed by atoms with Crippen molar-refractivity contribution in [2.24, 2.45) is 0 Å². The average Bonchev–Trinajstić information content (AvgIpc) is 3.00. The summed E-state index contributed by atoms with van der Waals surface area (Å²) in [6, 6.07) is 0.393. The molecule has 1 aliphatic heterocycles. The highest BCUT2D eigenvalue weighted by Crippen LogP contribution is 2.18. The van der Waals surface area contributed by atoms with E-state index in [1.807, 2.05) is 17.9 Å². The summed E-state index contributed by atoms with van der Waals surface area (Å²) in [5, 5.41) is 0.736. The molecule has 0 spiro atoms. The monoisotopic (exact) mass is 293 g/mol. The first kappa shape index (κ1) is 15.2. The Morgan fingerprint density at radius 2 is 2.40 bits per heavy atom. The number of carbonyl (C=O) groups excluding carboxylic acids is 1. The summed E-state index contributed by atoms with van der Waals surface area (Å²) in [5.41, 5.74) is 1.02. The van der Waals surface area contributed by atoms with E-state index in [4.69, 9.17) is 0 Å². The van der Waals surface area contributed by atoms with E-state index in [2.05, 4.69) is 35.6 Å². The van der Waals surface area contributed by atoms with Crippen LogP contribution in [0.2, 0.25) is 0 Å². The van der Waals surface area contributed by atoms with Gasteiger partial charge in [0, 0.05) is 31.8 Å². The second-order valence-electron chi connectivity index (χ2n) is 5.34. The van der Waals surface area contributed by atoms with Gasteiger partial charge in [0.05, 0.1) is 5.69 Å². The Bertz CT molecular complexity index is 495. The van der Waals surface area contributed by atoms with Crippen molar-refractivity contribution < 1.29 is 4.79 Å². The van der Waals surface area contributed by atoms with E-state index in [-0.39, 0.29) is 5.91 Å². The number of hydrogen-bond acceptors (Lipinski definition) is 3. The van der Waals surface area contributed by atoms with Crippen LogP contribution in [0, 0.1) is 0 Å². The molecular formula is C15H23N3OS. The minimum absolute atomic E-state index is 0.238. The number of aromatic nitrogens is 2. The molecule has 1 aliphatic rings. The summed E-state index contributed by atoms with van der Waals surface area (Å²) in [5.74, 6) is 1.09. The number of rotatable bonds is 5. The fourth-order valence-electron chi connectivity index (χ4n) is 2.62. The minimum Gasteiger partial charge on any atom is -0.345 e. The van der Waals surface area contributed by atoms with Crippen molar-refractivity contribution in [2.45, 2.75) is 57.0 Å². The summed E-state index contributed by atoms with van der Waals surface area (Å²) >= 11 is 4.37. The third kappa shape index (κ3) is 3.66. The van der Waals surface area contributed by atoms with Crippen molar-refractivity contribution in [1.29, 1.82) is 0 Å². The Kier molecular flexibility index (Phi) is 5.29. The molecule has 0 aliphatic carbocycles. The molecule has 1 aromatic rings. The van der Waals surface area contributed by atoms with Gasteiger partial charge in [-0.3, -0.25) is 4.79 Å². The summed E-state index contributed by atoms with van der Waals surface area (Å²) < 4.78 is 0. The minimum atomic E-state index is 0.238. The first-order valence-corrected chi connectivity index (χ1v) is 7.74. The van der Waals surface area contributed by atoms with Crippen molar-refractivity contribution in [3.63, 3.8) is 0 Å². The molecule has 5 heteroatoms. The van der Waals surface area contributed by atoms with Gasteiger partial charge >= 0.3 is 0 Å². The molecule has 1 N–H and O–H groups in total. The molecule has 1 aromatic heterocycles. The van der Waals surface area contributed by atoms with Crippen LogP contribution in [0.4, 0.5) is 0 Å². The third-order valence-corrected chi connectivity index (χ3v) is 4.18. The predicted octanol–water partition coefficient (Wildman–Crippen LogP) is 2.76. The van der Waals surface area contributed by atoms with Gasteiger partial charge in [-0.2, -0.15) is 0 Å². The molecule has 2 heterocycles. The molecule has 4 nitrogen and oxygen atoms in total. The van der Waals surface area contributed by atoms with Crippen LogP contribution in [0.3, 0.4) is 0 Å². The maximum Gasteiger partial charge on any atom is 0.223 e. The van der Waals surface area contributed by atoms with Gasteiger partial charge in [0.15, 0.2) is 0 Å². The van der Waals surface area contributed by atoms with Crippen LogP contribution in [0.5, 0.6) is 0 Å². The van der Waals surface area contributed by atoms with E-state index < -0.39 is 0 Å². The van der Waals surface area contributed by atoms with Crippen molar-refractivity contribution in [1.82, 2.24) is 14.9 Å². The summed E-state index contributed by atoms with van der Waals surface area (Å²) in [7, 11) is 0. The quantitative estimate of drug-likeness (QED) is 0.648. The van der Waals surface area contributed by atoms with Gasteiger partial charge in [-0.25, -0.2) is 4.98 Å². The molecule has 0 saturated carbocycles. The lowest BCUT2D eigenvalue weighted by molar-refractivity contribution is -0.131. The number of carbonyl (C=O) groups is 1. The topological polar surface area (TPSA) is 49.0 Å². The number of nitrogens with one attached hydrogen (secondary N) is 1. The Labute approximate surface area is 126 Å². The molecule has 110 valence electrons. The van der Waals surface area contributed by atoms with Gasteiger partial charge < -0.3 is 9.88 Å². The van der Waals surface area contributed by atoms with Gasteiger partial charge in [0.2, 0.25) is 5.91 Å². The maximum atomic E-state index is 12.1. The molecular weight excluding hydrogens is 270 g/mol. The number of likely N-dealkylation sites (tertiary alicyclic amines) is 1. The number of nitrogens with zero attached hydrogens (tertiary/aromatic N) is 2. The standard InChI is InChI=1S/C15H23N3OS/c1-3-4-7-12-15(20)17-13(16-12)8-9-14(19)18-10-5-6-11(18)2/h3-4,11,20H,5-10H2,1-2H3,(H,16,17)/b4-3-/t11-/m1/s1. The van der Waals surface area contributed by atoms with Gasteiger partial charge in [-0.15, -0.1) is 12.6 Å². The van der Waals surface area contributed by atoms with E-state index in [1.54, 1.807) is 0 Å². The number of aromatic amines is 1. The normalized spacial score (nSPS) is 19.1. The zero-order valence-electron chi connectivity index (χ0n) is 12.2. The molecule has 1 fully saturated rings. The Morgan fingerprint density at radius 1 is 1.60 bits per heavy atom. The zero-order valence-corrected chi connectivity index (χ0v) is 13.1. The van der Waals surface area contributed by atoms with E-state index in [0.717, 1.165) is 42.4 Å². The smallest absolute Gasteiger partial charge is 0.223 e. The maximum absolute atomic E-state index is 12.1. The first-order chi connectivity index (χ1) is 9.61. The number of H-pyrrole nitrogens is 1. The molecule has 2 rings (SSSR count). The number of amides is 1. The number of allylic oxidation sites excluding steroid dienone is 2. The van der Waals surface area contributed by atoms with Crippen molar-refractivity contribution in [3.05, 3.63) is 23.7 Å². The molecule has 0 aromatic carbocycles. The van der Waals surface area contributed by atoms with E-state index in [1.165, 1.54) is 0 Å². The van der Waals surface area contributed by atoms with Gasteiger partial charge in [0.1, 0.15) is 10.9 Å². The summed E-state index contributed by atoms with van der Waals surface area (Å²) in [6.07, 6.45) is 8.31. The highest BCUT2D eigenvalue weighted by molar-refractivity contribution is 7.80. The van der Waals surface area contributed by atoms with Gasteiger partial charge in [-0.1, -0.05) is 12.2 Å². The van der Waals surface area contributed by atoms with Crippen molar-refractivity contribution in [2.75, 3.05) is 6.54 Å². The van der Waals surface area contributed by atoms with Crippen LogP contribution in [0.15, 0.2) is 17.2 Å². The van der Waals surface area contributed by atoms with Gasteiger partial charge in [0.25, 0.3) is 0 Å². The highest BCUT2D eigenvalue weighted by Gasteiger charge is 2.24. The van der Waals surface area contributed by atoms with Crippen molar-refractivity contribution >= 4 is 18.5 Å². The molecule has 20 heavy (non-hydrogen) atoms. The van der Waals surface area contributed by atoms with Crippen LogP contribution in [-0.4, -0.2) is 33.4 Å². The lowest BCUT2D eigenvalue weighted by atomic mass is 10.2. The Hall–Kier alpha value is -1.23. The predicted molar refractivity (Wildman–Crippen MR) is 83.1 cm³/mol. The van der Waals surface area contributed by atoms with Crippen LogP contribution in [0.1, 0.15) is 44.6 Å². The molecule has 0 radical (unpaired) electrons. The second kappa shape index (κ2) is 6.97. The van der Waals surface area contributed by atoms with Crippen LogP contribution in [-0.2, 0) is 17.6 Å². The van der Waals surface area contributed by atoms with Crippen LogP contribution >= 0.6 is 12.6 Å². The molecule has 1 atom stereocenters. The van der Waals surface area contributed by atoms with E-state index >= 15 is 0 Å². The lowest BCUT2D eigenvalue weighted by Crippen LogP contribution is -2.33. The second-order valence-corrected chi connectivity index (χ2v) is 5.76. The first-order valence-electron chi connectivity index (χ1n) is 7.29. The number of thiol groups is 1. The molecule has 0 bridgehead atoms. The lowest BCUT2D eigenvalue weighted by Gasteiger charge is -2.21. The Balaban J connectivity index is 1.89. The summed E-state index contributed by atoms with van der Waals surface area (Å²) in [4.78, 5) is 21.8. The number of imidazole rings is 1. The SMILES string of the molecule is C/C=C\Cc1[nH]c(CCC(=O)N2CCC[C@H]2C)nc1S. The fourth-order valence-corrected chi connectivity index (χ4v) is 2.89. The zero-order chi connectivity index (χ0) is 14.5. The third-order valence-electron chi connectivity index (χ3n) is 3.81. The molecule has 1 amide bonds. The number of aryl methyl sites for hydroxylation is 1. The Morgan fingerprint density at radius 3 is 3.05 bits per heavy atom. The summed E-state index contributed by atoms with van der Waals surface area (Å²) in [6.45, 7) is 5.02. The van der Waals surface area contributed by atoms with E-state index in [0.29, 0.717) is 18.9 Å². The van der Waals surface area contributed by atoms with Crippen LogP contribution in [0.25, 0.3) is 0 Å².